The minimum absolute atomic E-state index is 0.261. The van der Waals surface area contributed by atoms with E-state index >= 15 is 0 Å². The second kappa shape index (κ2) is 3.65. The lowest BCUT2D eigenvalue weighted by Gasteiger charge is -2.14. The number of hydrogen-bond acceptors (Lipinski definition) is 3. The number of imide groups is 1. The van der Waals surface area contributed by atoms with Crippen molar-refractivity contribution in [2.24, 2.45) is 0 Å². The fraction of sp³-hybridized carbons (Fsp3) is 0.182. The van der Waals surface area contributed by atoms with E-state index in [2.05, 4.69) is 4.98 Å². The van der Waals surface area contributed by atoms with Crippen LogP contribution in [-0.4, -0.2) is 21.7 Å². The lowest BCUT2D eigenvalue weighted by Crippen LogP contribution is -2.29. The van der Waals surface area contributed by atoms with E-state index < -0.39 is 0 Å². The van der Waals surface area contributed by atoms with Crippen LogP contribution in [0.2, 0.25) is 0 Å². The highest BCUT2D eigenvalue weighted by Crippen LogP contribution is 2.12. The van der Waals surface area contributed by atoms with Crippen LogP contribution in [0.15, 0.2) is 30.6 Å². The number of carbonyl (C=O) groups is 2. The predicted molar refractivity (Wildman–Crippen MR) is 53.7 cm³/mol. The van der Waals surface area contributed by atoms with Crippen molar-refractivity contribution >= 4 is 11.8 Å². The van der Waals surface area contributed by atoms with Gasteiger partial charge < -0.3 is 0 Å². The number of nitrogens with zero attached hydrogens (tertiary/aromatic N) is 2. The number of carbonyl (C=O) groups excluding carboxylic acids is 2. The lowest BCUT2D eigenvalue weighted by molar-refractivity contribution is -0.137. The maximum Gasteiger partial charge on any atom is 0.253 e. The van der Waals surface area contributed by atoms with Crippen molar-refractivity contribution in [2.75, 3.05) is 0 Å². The fourth-order valence-electron chi connectivity index (χ4n) is 1.42. The summed E-state index contributed by atoms with van der Waals surface area (Å²) < 4.78 is 0. The van der Waals surface area contributed by atoms with Crippen molar-refractivity contribution < 1.29 is 9.59 Å². The van der Waals surface area contributed by atoms with Crippen LogP contribution in [0.4, 0.5) is 0 Å². The van der Waals surface area contributed by atoms with Crippen molar-refractivity contribution in [3.63, 3.8) is 0 Å². The Morgan fingerprint density at radius 3 is 2.53 bits per heavy atom. The molecule has 0 spiro atoms. The second-order valence-corrected chi connectivity index (χ2v) is 3.40. The summed E-state index contributed by atoms with van der Waals surface area (Å²) in [4.78, 5) is 27.8. The minimum atomic E-state index is -0.261. The molecule has 76 valence electrons. The first-order valence-corrected chi connectivity index (χ1v) is 4.61. The third-order valence-corrected chi connectivity index (χ3v) is 2.38. The molecule has 0 saturated heterocycles. The van der Waals surface area contributed by atoms with E-state index in [0.717, 1.165) is 11.1 Å². The standard InChI is InChI=1S/C11H10N2O2/c1-8-4-5-12-6-9(8)7-13-10(14)2-3-11(13)15/h2-6H,7H2,1H3. The molecule has 0 bridgehead atoms. The molecule has 1 aromatic heterocycles. The molecule has 0 atom stereocenters. The topological polar surface area (TPSA) is 50.3 Å². The number of amides is 2. The molecule has 0 aromatic carbocycles. The largest absolute Gasteiger partial charge is 0.271 e. The summed E-state index contributed by atoms with van der Waals surface area (Å²) in [5, 5.41) is 0. The molecular weight excluding hydrogens is 192 g/mol. The van der Waals surface area contributed by atoms with Gasteiger partial charge in [0.25, 0.3) is 11.8 Å². The van der Waals surface area contributed by atoms with Gasteiger partial charge in [0.15, 0.2) is 0 Å². The summed E-state index contributed by atoms with van der Waals surface area (Å²) >= 11 is 0. The van der Waals surface area contributed by atoms with Gasteiger partial charge in [-0.25, -0.2) is 0 Å². The first kappa shape index (κ1) is 9.58. The third kappa shape index (κ3) is 1.79. The summed E-state index contributed by atoms with van der Waals surface area (Å²) in [6, 6.07) is 1.85. The molecule has 1 aliphatic rings. The molecule has 0 unspecified atom stereocenters. The zero-order valence-corrected chi connectivity index (χ0v) is 8.30. The van der Waals surface area contributed by atoms with Crippen molar-refractivity contribution in [2.45, 2.75) is 13.5 Å². The first-order chi connectivity index (χ1) is 7.18. The van der Waals surface area contributed by atoms with Gasteiger partial charge >= 0.3 is 0 Å². The molecule has 1 aromatic rings. The lowest BCUT2D eigenvalue weighted by atomic mass is 10.1. The zero-order valence-electron chi connectivity index (χ0n) is 8.30. The fourth-order valence-corrected chi connectivity index (χ4v) is 1.42. The SMILES string of the molecule is Cc1ccncc1CN1C(=O)C=CC1=O. The van der Waals surface area contributed by atoms with Crippen LogP contribution >= 0.6 is 0 Å². The molecule has 0 aliphatic carbocycles. The Bertz CT molecular complexity index is 434. The van der Waals surface area contributed by atoms with Crippen molar-refractivity contribution in [1.82, 2.24) is 9.88 Å². The van der Waals surface area contributed by atoms with E-state index in [9.17, 15) is 9.59 Å². The molecule has 4 nitrogen and oxygen atoms in total. The monoisotopic (exact) mass is 202 g/mol. The second-order valence-electron chi connectivity index (χ2n) is 3.40. The Hall–Kier alpha value is -1.97. The summed E-state index contributed by atoms with van der Waals surface area (Å²) in [5.41, 5.74) is 1.92. The maximum absolute atomic E-state index is 11.3. The van der Waals surface area contributed by atoms with Crippen molar-refractivity contribution in [3.8, 4) is 0 Å². The Morgan fingerprint density at radius 1 is 1.27 bits per heavy atom. The molecule has 4 heteroatoms. The van der Waals surface area contributed by atoms with E-state index in [0.29, 0.717) is 6.54 Å². The van der Waals surface area contributed by atoms with Crippen LogP contribution in [0.3, 0.4) is 0 Å². The smallest absolute Gasteiger partial charge is 0.253 e. The van der Waals surface area contributed by atoms with Gasteiger partial charge in [0.1, 0.15) is 0 Å². The Morgan fingerprint density at radius 2 is 1.93 bits per heavy atom. The van der Waals surface area contributed by atoms with Gasteiger partial charge in [-0.15, -0.1) is 0 Å². The molecule has 15 heavy (non-hydrogen) atoms. The number of pyridine rings is 1. The minimum Gasteiger partial charge on any atom is -0.271 e. The quantitative estimate of drug-likeness (QED) is 0.667. The van der Waals surface area contributed by atoms with E-state index in [1.807, 2.05) is 13.0 Å². The molecule has 0 radical (unpaired) electrons. The molecule has 2 rings (SSSR count). The van der Waals surface area contributed by atoms with Crippen molar-refractivity contribution in [3.05, 3.63) is 41.7 Å². The average Bonchev–Trinajstić information content (AvgIpc) is 2.53. The maximum atomic E-state index is 11.3. The highest BCUT2D eigenvalue weighted by atomic mass is 16.2. The molecule has 2 amide bonds. The van der Waals surface area contributed by atoms with Gasteiger partial charge in [-0.2, -0.15) is 0 Å². The number of aromatic nitrogens is 1. The van der Waals surface area contributed by atoms with Gasteiger partial charge in [0, 0.05) is 24.5 Å². The van der Waals surface area contributed by atoms with E-state index in [-0.39, 0.29) is 11.8 Å². The van der Waals surface area contributed by atoms with Crippen molar-refractivity contribution in [1.29, 1.82) is 0 Å². The summed E-state index contributed by atoms with van der Waals surface area (Å²) in [6.45, 7) is 2.22. The number of hydrogen-bond donors (Lipinski definition) is 0. The summed E-state index contributed by atoms with van der Waals surface area (Å²) in [6.07, 6.45) is 5.93. The summed E-state index contributed by atoms with van der Waals surface area (Å²) in [7, 11) is 0. The van der Waals surface area contributed by atoms with Gasteiger partial charge in [0.05, 0.1) is 6.54 Å². The van der Waals surface area contributed by atoms with E-state index in [1.54, 1.807) is 12.4 Å². The van der Waals surface area contributed by atoms with Crippen LogP contribution in [0.1, 0.15) is 11.1 Å². The van der Waals surface area contributed by atoms with Crippen LogP contribution in [0, 0.1) is 6.92 Å². The third-order valence-electron chi connectivity index (χ3n) is 2.38. The van der Waals surface area contributed by atoms with Gasteiger partial charge in [0.2, 0.25) is 0 Å². The molecule has 0 fully saturated rings. The van der Waals surface area contributed by atoms with Gasteiger partial charge in [-0.1, -0.05) is 0 Å². The van der Waals surface area contributed by atoms with Crippen LogP contribution in [0.5, 0.6) is 0 Å². The molecule has 1 aliphatic heterocycles. The molecule has 2 heterocycles. The summed E-state index contributed by atoms with van der Waals surface area (Å²) in [5.74, 6) is -0.522. The van der Waals surface area contributed by atoms with Crippen LogP contribution in [0.25, 0.3) is 0 Å². The number of rotatable bonds is 2. The Kier molecular flexibility index (Phi) is 2.33. The van der Waals surface area contributed by atoms with E-state index in [4.69, 9.17) is 0 Å². The van der Waals surface area contributed by atoms with E-state index in [1.165, 1.54) is 17.1 Å². The van der Waals surface area contributed by atoms with Gasteiger partial charge in [-0.05, 0) is 24.1 Å². The molecular formula is C11H10N2O2. The number of aryl methyl sites for hydroxylation is 1. The predicted octanol–water partition coefficient (Wildman–Crippen LogP) is 0.815. The molecule has 0 N–H and O–H groups in total. The average molecular weight is 202 g/mol. The van der Waals surface area contributed by atoms with Crippen LogP contribution in [-0.2, 0) is 16.1 Å². The first-order valence-electron chi connectivity index (χ1n) is 4.61. The Labute approximate surface area is 87.2 Å². The zero-order chi connectivity index (χ0) is 10.8. The highest BCUT2D eigenvalue weighted by molar-refractivity contribution is 6.12. The normalized spacial score (nSPS) is 15.1. The van der Waals surface area contributed by atoms with Gasteiger partial charge in [-0.3, -0.25) is 19.5 Å². The highest BCUT2D eigenvalue weighted by Gasteiger charge is 2.23. The van der Waals surface area contributed by atoms with Crippen LogP contribution < -0.4 is 0 Å². The Balaban J connectivity index is 2.20. The molecule has 0 saturated carbocycles.